The molecular weight excluding hydrogens is 324 g/mol. The highest BCUT2D eigenvalue weighted by molar-refractivity contribution is 9.10. The quantitative estimate of drug-likeness (QED) is 0.723. The number of nitrogens with zero attached hydrogens (tertiary/aromatic N) is 2. The maximum absolute atomic E-state index is 3.92. The predicted octanol–water partition coefficient (Wildman–Crippen LogP) is 4.98. The molecule has 0 bridgehead atoms. The van der Waals surface area contributed by atoms with Crippen LogP contribution in [0.3, 0.4) is 0 Å². The van der Waals surface area contributed by atoms with Crippen molar-refractivity contribution in [1.29, 1.82) is 0 Å². The van der Waals surface area contributed by atoms with Gasteiger partial charge >= 0.3 is 0 Å². The molecule has 0 aliphatic carbocycles. The Labute approximate surface area is 134 Å². The van der Waals surface area contributed by atoms with E-state index in [-0.39, 0.29) is 6.17 Å². The van der Waals surface area contributed by atoms with E-state index in [4.69, 9.17) is 0 Å². The van der Waals surface area contributed by atoms with Gasteiger partial charge in [-0.1, -0.05) is 46.3 Å². The minimum absolute atomic E-state index is 0.235. The van der Waals surface area contributed by atoms with E-state index in [1.165, 1.54) is 16.9 Å². The highest BCUT2D eigenvalue weighted by Crippen LogP contribution is 2.45. The molecule has 1 unspecified atom stereocenters. The molecule has 0 spiro atoms. The van der Waals surface area contributed by atoms with Gasteiger partial charge in [0.2, 0.25) is 0 Å². The van der Waals surface area contributed by atoms with E-state index in [1.54, 1.807) is 0 Å². The van der Waals surface area contributed by atoms with Crippen molar-refractivity contribution >= 4 is 27.3 Å². The van der Waals surface area contributed by atoms with E-state index >= 15 is 0 Å². The Morgan fingerprint density at radius 3 is 2.24 bits per heavy atom. The Balaban J connectivity index is 2.09. The third-order valence-corrected chi connectivity index (χ3v) is 4.45. The highest BCUT2D eigenvalue weighted by atomic mass is 79.9. The van der Waals surface area contributed by atoms with Crippen molar-refractivity contribution in [2.24, 2.45) is 0 Å². The average Bonchev–Trinajstić information content (AvgIpc) is 2.83. The van der Waals surface area contributed by atoms with Crippen LogP contribution in [0.25, 0.3) is 0 Å². The summed E-state index contributed by atoms with van der Waals surface area (Å²) in [6.45, 7) is 7.95. The number of rotatable bonds is 4. The number of benzene rings is 2. The molecule has 0 saturated carbocycles. The molecular formula is C18H19BrN2. The zero-order valence-corrected chi connectivity index (χ0v) is 13.8. The second kappa shape index (κ2) is 5.94. The fraction of sp³-hybridized carbons (Fsp3) is 0.222. The first-order chi connectivity index (χ1) is 10.3. The Hall–Kier alpha value is -1.74. The van der Waals surface area contributed by atoms with Crippen LogP contribution in [-0.2, 0) is 0 Å². The number of hydrogen-bond donors (Lipinski definition) is 0. The van der Waals surface area contributed by atoms with Gasteiger partial charge in [-0.3, -0.25) is 0 Å². The lowest BCUT2D eigenvalue weighted by molar-refractivity contribution is 0.640. The van der Waals surface area contributed by atoms with Crippen molar-refractivity contribution in [3.8, 4) is 0 Å². The summed E-state index contributed by atoms with van der Waals surface area (Å²) in [6.07, 6.45) is 2.21. The summed E-state index contributed by atoms with van der Waals surface area (Å²) in [5, 5.41) is 0. The molecule has 0 amide bonds. The van der Waals surface area contributed by atoms with Gasteiger partial charge < -0.3 is 9.80 Å². The van der Waals surface area contributed by atoms with E-state index < -0.39 is 0 Å². The topological polar surface area (TPSA) is 6.48 Å². The molecule has 2 nitrogen and oxygen atoms in total. The first-order valence-electron chi connectivity index (χ1n) is 7.25. The standard InChI is InChI=1S/C18H19BrN2/c1-3-13-21-17-8-6-5-7-16(17)20(4-2)18(21)14-9-11-15(19)12-10-14/h3,5-12,18H,1,4,13H2,2H3. The van der Waals surface area contributed by atoms with Crippen LogP contribution >= 0.6 is 15.9 Å². The highest BCUT2D eigenvalue weighted by Gasteiger charge is 2.34. The van der Waals surface area contributed by atoms with Gasteiger partial charge in [-0.2, -0.15) is 0 Å². The van der Waals surface area contributed by atoms with Crippen LogP contribution < -0.4 is 9.80 Å². The largest absolute Gasteiger partial charge is 0.346 e. The molecule has 1 aliphatic rings. The molecule has 108 valence electrons. The normalized spacial score (nSPS) is 17.0. The summed E-state index contributed by atoms with van der Waals surface area (Å²) < 4.78 is 1.11. The monoisotopic (exact) mass is 342 g/mol. The third-order valence-electron chi connectivity index (χ3n) is 3.93. The van der Waals surface area contributed by atoms with Crippen molar-refractivity contribution in [3.05, 3.63) is 71.2 Å². The van der Waals surface area contributed by atoms with Crippen molar-refractivity contribution in [2.45, 2.75) is 13.1 Å². The number of halogens is 1. The fourth-order valence-electron chi connectivity index (χ4n) is 3.06. The van der Waals surface area contributed by atoms with Gasteiger partial charge in [-0.05, 0) is 36.8 Å². The van der Waals surface area contributed by atoms with Gasteiger partial charge in [0.15, 0.2) is 0 Å². The molecule has 2 aromatic carbocycles. The maximum Gasteiger partial charge on any atom is 0.128 e. The summed E-state index contributed by atoms with van der Waals surface area (Å²) in [4.78, 5) is 4.86. The molecule has 0 aromatic heterocycles. The predicted molar refractivity (Wildman–Crippen MR) is 93.9 cm³/mol. The second-order valence-corrected chi connectivity index (χ2v) is 6.06. The molecule has 2 aromatic rings. The number of para-hydroxylation sites is 2. The van der Waals surface area contributed by atoms with E-state index in [0.717, 1.165) is 17.6 Å². The van der Waals surface area contributed by atoms with E-state index in [0.29, 0.717) is 0 Å². The lowest BCUT2D eigenvalue weighted by atomic mass is 10.1. The number of hydrogen-bond acceptors (Lipinski definition) is 2. The molecule has 3 heteroatoms. The van der Waals surface area contributed by atoms with Crippen LogP contribution in [-0.4, -0.2) is 13.1 Å². The lowest BCUT2D eigenvalue weighted by Gasteiger charge is -2.32. The Bertz CT molecular complexity index is 636. The summed E-state index contributed by atoms with van der Waals surface area (Å²) in [7, 11) is 0. The molecule has 0 saturated heterocycles. The SMILES string of the molecule is C=CCN1c2ccccc2N(CC)C1c1ccc(Br)cc1. The van der Waals surface area contributed by atoms with Gasteiger partial charge in [0.25, 0.3) is 0 Å². The van der Waals surface area contributed by atoms with Crippen LogP contribution in [0.5, 0.6) is 0 Å². The Morgan fingerprint density at radius 1 is 1.05 bits per heavy atom. The van der Waals surface area contributed by atoms with E-state index in [1.807, 2.05) is 6.08 Å². The van der Waals surface area contributed by atoms with Crippen LogP contribution in [0.4, 0.5) is 11.4 Å². The van der Waals surface area contributed by atoms with E-state index in [2.05, 4.69) is 87.8 Å². The van der Waals surface area contributed by atoms with Gasteiger partial charge in [0.1, 0.15) is 6.17 Å². The first-order valence-corrected chi connectivity index (χ1v) is 8.04. The zero-order valence-electron chi connectivity index (χ0n) is 12.2. The molecule has 0 N–H and O–H groups in total. The van der Waals surface area contributed by atoms with Crippen LogP contribution in [0.2, 0.25) is 0 Å². The number of anilines is 2. The summed E-state index contributed by atoms with van der Waals surface area (Å²) in [6, 6.07) is 17.2. The smallest absolute Gasteiger partial charge is 0.128 e. The van der Waals surface area contributed by atoms with Gasteiger partial charge in [0.05, 0.1) is 11.4 Å². The van der Waals surface area contributed by atoms with Gasteiger partial charge in [0, 0.05) is 17.6 Å². The van der Waals surface area contributed by atoms with Crippen molar-refractivity contribution in [1.82, 2.24) is 0 Å². The van der Waals surface area contributed by atoms with Gasteiger partial charge in [-0.15, -0.1) is 6.58 Å². The lowest BCUT2D eigenvalue weighted by Crippen LogP contribution is -2.35. The van der Waals surface area contributed by atoms with E-state index in [9.17, 15) is 0 Å². The third kappa shape index (κ3) is 2.46. The summed E-state index contributed by atoms with van der Waals surface area (Å²) >= 11 is 3.52. The first kappa shape index (κ1) is 14.2. The van der Waals surface area contributed by atoms with Crippen LogP contribution in [0, 0.1) is 0 Å². The molecule has 21 heavy (non-hydrogen) atoms. The number of fused-ring (bicyclic) bond motifs is 1. The molecule has 1 atom stereocenters. The molecule has 0 fully saturated rings. The molecule has 3 rings (SSSR count). The Kier molecular flexibility index (Phi) is 4.02. The van der Waals surface area contributed by atoms with Crippen LogP contribution in [0.15, 0.2) is 65.7 Å². The maximum atomic E-state index is 3.92. The zero-order chi connectivity index (χ0) is 14.8. The van der Waals surface area contributed by atoms with Crippen molar-refractivity contribution < 1.29 is 0 Å². The summed E-state index contributed by atoms with van der Waals surface area (Å²) in [5.74, 6) is 0. The van der Waals surface area contributed by atoms with Crippen molar-refractivity contribution in [2.75, 3.05) is 22.9 Å². The molecule has 0 radical (unpaired) electrons. The molecule has 1 heterocycles. The van der Waals surface area contributed by atoms with Gasteiger partial charge in [-0.25, -0.2) is 0 Å². The van der Waals surface area contributed by atoms with Crippen LogP contribution in [0.1, 0.15) is 18.7 Å². The minimum atomic E-state index is 0.235. The van der Waals surface area contributed by atoms with Crippen molar-refractivity contribution in [3.63, 3.8) is 0 Å². The summed E-state index contributed by atoms with van der Waals surface area (Å²) in [5.41, 5.74) is 3.89. The minimum Gasteiger partial charge on any atom is -0.346 e. The second-order valence-electron chi connectivity index (χ2n) is 5.14. The Morgan fingerprint density at radius 2 is 1.67 bits per heavy atom. The average molecular weight is 343 g/mol. The molecule has 1 aliphatic heterocycles. The fourth-order valence-corrected chi connectivity index (χ4v) is 3.32.